The number of benzene rings is 2. The van der Waals surface area contributed by atoms with Gasteiger partial charge in [0, 0.05) is 5.56 Å². The highest BCUT2D eigenvalue weighted by atomic mass is 16.5. The number of para-hydroxylation sites is 1. The zero-order chi connectivity index (χ0) is 15.2. The number of carbonyl (C=O) groups is 1. The molecule has 0 fully saturated rings. The molecule has 0 unspecified atom stereocenters. The van der Waals surface area contributed by atoms with Gasteiger partial charge in [0.2, 0.25) is 0 Å². The van der Waals surface area contributed by atoms with E-state index >= 15 is 0 Å². The Morgan fingerprint density at radius 1 is 1.10 bits per heavy atom. The van der Waals surface area contributed by atoms with Gasteiger partial charge in [0.1, 0.15) is 17.1 Å². The summed E-state index contributed by atoms with van der Waals surface area (Å²) in [6.07, 6.45) is 1.19. The molecule has 0 bridgehead atoms. The van der Waals surface area contributed by atoms with Crippen molar-refractivity contribution in [2.45, 2.75) is 6.92 Å². The Morgan fingerprint density at radius 3 is 2.38 bits per heavy atom. The third kappa shape index (κ3) is 3.63. The molecule has 108 valence electrons. The smallest absolute Gasteiger partial charge is 0.339 e. The summed E-state index contributed by atoms with van der Waals surface area (Å²) in [5, 5.41) is 9.28. The molecule has 2 rings (SSSR count). The highest BCUT2D eigenvalue weighted by Gasteiger charge is 2.16. The van der Waals surface area contributed by atoms with Crippen molar-refractivity contribution >= 4 is 11.5 Å². The Hall–Kier alpha value is -2.75. The van der Waals surface area contributed by atoms with E-state index in [0.717, 1.165) is 5.56 Å². The summed E-state index contributed by atoms with van der Waals surface area (Å²) in [5.74, 6) is 0.0408. The van der Waals surface area contributed by atoms with Crippen LogP contribution in [0.5, 0.6) is 11.5 Å². The summed E-state index contributed by atoms with van der Waals surface area (Å²) in [7, 11) is 1.41. The van der Waals surface area contributed by atoms with Crippen LogP contribution in [0, 0.1) is 6.92 Å². The zero-order valence-corrected chi connectivity index (χ0v) is 11.9. The highest BCUT2D eigenvalue weighted by molar-refractivity contribution is 6.15. The Kier molecular flexibility index (Phi) is 4.61. The molecule has 0 spiro atoms. The molecule has 21 heavy (non-hydrogen) atoms. The van der Waals surface area contributed by atoms with Crippen LogP contribution >= 0.6 is 0 Å². The molecule has 0 radical (unpaired) electrons. The second kappa shape index (κ2) is 6.61. The monoisotopic (exact) mass is 284 g/mol. The number of ether oxygens (including phenoxy) is 2. The first-order valence-electron chi connectivity index (χ1n) is 6.42. The van der Waals surface area contributed by atoms with Crippen LogP contribution in [0.3, 0.4) is 0 Å². The van der Waals surface area contributed by atoms with E-state index in [2.05, 4.69) is 0 Å². The number of methoxy groups -OCH3 is 1. The molecule has 2 aromatic rings. The maximum atomic E-state index is 11.3. The van der Waals surface area contributed by atoms with Crippen molar-refractivity contribution in [1.29, 1.82) is 0 Å². The minimum Gasteiger partial charge on any atom is -0.503 e. The third-order valence-electron chi connectivity index (χ3n) is 2.89. The van der Waals surface area contributed by atoms with Gasteiger partial charge in [0.05, 0.1) is 13.4 Å². The molecular formula is C17H16O4. The van der Waals surface area contributed by atoms with Crippen molar-refractivity contribution in [2.24, 2.45) is 0 Å². The maximum Gasteiger partial charge on any atom is 0.339 e. The van der Waals surface area contributed by atoms with Crippen molar-refractivity contribution in [1.82, 2.24) is 0 Å². The lowest BCUT2D eigenvalue weighted by Gasteiger charge is -2.11. The molecule has 0 aliphatic rings. The number of rotatable bonds is 5. The van der Waals surface area contributed by atoms with Crippen molar-refractivity contribution in [3.8, 4) is 11.5 Å². The van der Waals surface area contributed by atoms with Gasteiger partial charge in [0.25, 0.3) is 0 Å². The molecule has 1 N–H and O–H groups in total. The molecular weight excluding hydrogens is 268 g/mol. The van der Waals surface area contributed by atoms with Gasteiger partial charge in [-0.1, -0.05) is 35.9 Å². The van der Waals surface area contributed by atoms with E-state index in [1.54, 1.807) is 24.3 Å². The number of aliphatic carboxylic acids is 1. The van der Waals surface area contributed by atoms with Gasteiger partial charge in [-0.25, -0.2) is 4.79 Å². The van der Waals surface area contributed by atoms with E-state index in [9.17, 15) is 9.90 Å². The lowest BCUT2D eigenvalue weighted by molar-refractivity contribution is -0.130. The summed E-state index contributed by atoms with van der Waals surface area (Å²) in [6, 6.07) is 14.5. The van der Waals surface area contributed by atoms with E-state index in [1.165, 1.54) is 13.4 Å². The van der Waals surface area contributed by atoms with Crippen LogP contribution in [0.1, 0.15) is 11.1 Å². The number of carboxylic acids is 1. The normalized spacial score (nSPS) is 11.0. The van der Waals surface area contributed by atoms with Crippen LogP contribution in [-0.4, -0.2) is 18.2 Å². The molecule has 0 aliphatic heterocycles. The van der Waals surface area contributed by atoms with Crippen LogP contribution in [0.15, 0.2) is 54.8 Å². The maximum absolute atomic E-state index is 11.3. The molecule has 0 saturated carbocycles. The first kappa shape index (κ1) is 14.7. The molecule has 4 nitrogen and oxygen atoms in total. The topological polar surface area (TPSA) is 55.8 Å². The zero-order valence-electron chi connectivity index (χ0n) is 11.9. The lowest BCUT2D eigenvalue weighted by Crippen LogP contribution is -2.02. The van der Waals surface area contributed by atoms with Crippen molar-refractivity contribution in [3.05, 3.63) is 65.9 Å². The van der Waals surface area contributed by atoms with E-state index in [1.807, 2.05) is 31.2 Å². The average molecular weight is 284 g/mol. The van der Waals surface area contributed by atoms with E-state index in [4.69, 9.17) is 9.47 Å². The Balaban J connectivity index is 2.38. The summed E-state index contributed by atoms with van der Waals surface area (Å²) in [4.78, 5) is 11.3. The third-order valence-corrected chi connectivity index (χ3v) is 2.89. The van der Waals surface area contributed by atoms with Gasteiger partial charge in [-0.2, -0.15) is 0 Å². The molecule has 4 heteroatoms. The van der Waals surface area contributed by atoms with E-state index in [0.29, 0.717) is 17.1 Å². The first-order valence-corrected chi connectivity index (χ1v) is 6.42. The highest BCUT2D eigenvalue weighted by Crippen LogP contribution is 2.30. The van der Waals surface area contributed by atoms with Crippen LogP contribution in [-0.2, 0) is 9.53 Å². The fraction of sp³-hybridized carbons (Fsp3) is 0.118. The summed E-state index contributed by atoms with van der Waals surface area (Å²) >= 11 is 0. The molecule has 0 heterocycles. The molecule has 0 aromatic heterocycles. The van der Waals surface area contributed by atoms with Gasteiger partial charge in [0.15, 0.2) is 0 Å². The predicted octanol–water partition coefficient (Wildman–Crippen LogP) is 3.86. The summed E-state index contributed by atoms with van der Waals surface area (Å²) in [5.41, 5.74) is 1.63. The number of hydrogen-bond acceptors (Lipinski definition) is 3. The number of aryl methyl sites for hydroxylation is 1. The Morgan fingerprint density at radius 2 is 1.76 bits per heavy atom. The second-order valence-corrected chi connectivity index (χ2v) is 4.48. The molecule has 0 amide bonds. The van der Waals surface area contributed by atoms with Gasteiger partial charge in [-0.15, -0.1) is 0 Å². The lowest BCUT2D eigenvalue weighted by atomic mass is 10.1. The van der Waals surface area contributed by atoms with Crippen LogP contribution in [0.2, 0.25) is 0 Å². The second-order valence-electron chi connectivity index (χ2n) is 4.48. The average Bonchev–Trinajstić information content (AvgIpc) is 2.48. The SMILES string of the molecule is COC=C(C(=O)O)c1ccccc1Oc1ccc(C)cc1. The summed E-state index contributed by atoms with van der Waals surface area (Å²) < 4.78 is 10.6. The van der Waals surface area contributed by atoms with Gasteiger partial charge >= 0.3 is 5.97 Å². The minimum absolute atomic E-state index is 0.0419. The number of carboxylic acid groups (broad SMARTS) is 1. The molecule has 2 aromatic carbocycles. The van der Waals surface area contributed by atoms with Gasteiger partial charge in [-0.05, 0) is 25.1 Å². The van der Waals surface area contributed by atoms with E-state index in [-0.39, 0.29) is 5.57 Å². The Labute approximate surface area is 123 Å². The number of hydrogen-bond donors (Lipinski definition) is 1. The Bertz CT molecular complexity index is 657. The van der Waals surface area contributed by atoms with Crippen molar-refractivity contribution < 1.29 is 19.4 Å². The van der Waals surface area contributed by atoms with Crippen LogP contribution in [0.25, 0.3) is 5.57 Å². The first-order chi connectivity index (χ1) is 10.1. The predicted molar refractivity (Wildman–Crippen MR) is 80.3 cm³/mol. The van der Waals surface area contributed by atoms with Gasteiger partial charge in [-0.3, -0.25) is 0 Å². The van der Waals surface area contributed by atoms with E-state index < -0.39 is 5.97 Å². The fourth-order valence-corrected chi connectivity index (χ4v) is 1.86. The van der Waals surface area contributed by atoms with Crippen molar-refractivity contribution in [3.63, 3.8) is 0 Å². The fourth-order valence-electron chi connectivity index (χ4n) is 1.86. The molecule has 0 saturated heterocycles. The molecule has 0 atom stereocenters. The quantitative estimate of drug-likeness (QED) is 0.669. The van der Waals surface area contributed by atoms with Crippen molar-refractivity contribution in [2.75, 3.05) is 7.11 Å². The van der Waals surface area contributed by atoms with Crippen LogP contribution < -0.4 is 4.74 Å². The van der Waals surface area contributed by atoms with Gasteiger partial charge < -0.3 is 14.6 Å². The molecule has 0 aliphatic carbocycles. The van der Waals surface area contributed by atoms with Crippen LogP contribution in [0.4, 0.5) is 0 Å². The largest absolute Gasteiger partial charge is 0.503 e. The minimum atomic E-state index is -1.07. The summed E-state index contributed by atoms with van der Waals surface area (Å²) in [6.45, 7) is 1.99. The standard InChI is InChI=1S/C17H16O4/c1-12-7-9-13(10-8-12)21-16-6-4-3-5-14(16)15(11-20-2)17(18)19/h3-11H,1-2H3,(H,18,19).